The second-order valence-corrected chi connectivity index (χ2v) is 6.89. The number of thiazole rings is 1. The molecular formula is C19H25FIN5OS. The lowest BCUT2D eigenvalue weighted by molar-refractivity contribution is 0.119. The second kappa shape index (κ2) is 11.9. The Morgan fingerprint density at radius 2 is 2.25 bits per heavy atom. The summed E-state index contributed by atoms with van der Waals surface area (Å²) in [6.45, 7) is 5.34. The molecule has 0 spiro atoms. The maximum Gasteiger partial charge on any atom is 0.194 e. The minimum Gasteiger partial charge on any atom is -0.375 e. The molecule has 1 N–H and O–H groups in total. The van der Waals surface area contributed by atoms with Crippen LogP contribution in [0.3, 0.4) is 0 Å². The largest absolute Gasteiger partial charge is 0.375 e. The molecule has 0 saturated heterocycles. The van der Waals surface area contributed by atoms with Crippen molar-refractivity contribution in [3.8, 4) is 6.07 Å². The topological polar surface area (TPSA) is 73.5 Å². The number of ether oxygens (including phenoxy) is 1. The summed E-state index contributed by atoms with van der Waals surface area (Å²) in [5.74, 6) is 0.280. The van der Waals surface area contributed by atoms with E-state index < -0.39 is 0 Å². The standard InChI is InChI=1S/C19H24FN5OS.HI/c1-5-22-19(23-10-15-8-14(9-21)6-7-17(15)20)25(3)11-16-12-27-18(24-16)13(2)26-4;/h6-8,12-13H,5,10-11H2,1-4H3,(H,22,23);1H. The van der Waals surface area contributed by atoms with E-state index in [-0.39, 0.29) is 42.4 Å². The van der Waals surface area contributed by atoms with E-state index in [0.29, 0.717) is 30.2 Å². The minimum absolute atomic E-state index is 0. The molecule has 1 aromatic carbocycles. The van der Waals surface area contributed by atoms with Crippen molar-refractivity contribution in [2.75, 3.05) is 20.7 Å². The number of hydrogen-bond acceptors (Lipinski definition) is 5. The molecule has 9 heteroatoms. The number of methoxy groups -OCH3 is 1. The number of nitriles is 1. The van der Waals surface area contributed by atoms with E-state index in [0.717, 1.165) is 10.7 Å². The molecule has 0 saturated carbocycles. The maximum absolute atomic E-state index is 14.0. The lowest BCUT2D eigenvalue weighted by Gasteiger charge is -2.21. The normalized spacial score (nSPS) is 12.1. The number of guanidine groups is 1. The average Bonchev–Trinajstić information content (AvgIpc) is 3.14. The van der Waals surface area contributed by atoms with Crippen LogP contribution in [0.4, 0.5) is 4.39 Å². The van der Waals surface area contributed by atoms with Crippen molar-refractivity contribution in [2.45, 2.75) is 33.0 Å². The van der Waals surface area contributed by atoms with Crippen molar-refractivity contribution in [3.05, 3.63) is 51.2 Å². The predicted molar refractivity (Wildman–Crippen MR) is 120 cm³/mol. The van der Waals surface area contributed by atoms with Gasteiger partial charge in [-0.2, -0.15) is 5.26 Å². The van der Waals surface area contributed by atoms with Crippen molar-refractivity contribution in [1.29, 1.82) is 5.26 Å². The van der Waals surface area contributed by atoms with Crippen LogP contribution < -0.4 is 5.32 Å². The maximum atomic E-state index is 14.0. The summed E-state index contributed by atoms with van der Waals surface area (Å²) in [5.41, 5.74) is 1.73. The summed E-state index contributed by atoms with van der Waals surface area (Å²) in [6, 6.07) is 6.31. The smallest absolute Gasteiger partial charge is 0.194 e. The van der Waals surface area contributed by atoms with Gasteiger partial charge in [0.1, 0.15) is 16.9 Å². The van der Waals surface area contributed by atoms with Crippen molar-refractivity contribution < 1.29 is 9.13 Å². The Kier molecular flexibility index (Phi) is 10.3. The van der Waals surface area contributed by atoms with Gasteiger partial charge in [-0.3, -0.25) is 0 Å². The monoisotopic (exact) mass is 517 g/mol. The quantitative estimate of drug-likeness (QED) is 0.341. The van der Waals surface area contributed by atoms with Gasteiger partial charge in [-0.1, -0.05) is 0 Å². The third kappa shape index (κ3) is 6.68. The molecule has 0 fully saturated rings. The van der Waals surface area contributed by atoms with Crippen LogP contribution in [0.25, 0.3) is 0 Å². The first-order valence-corrected chi connectivity index (χ1v) is 9.51. The van der Waals surface area contributed by atoms with Crippen molar-refractivity contribution >= 4 is 41.3 Å². The summed E-state index contributed by atoms with van der Waals surface area (Å²) in [5, 5.41) is 15.1. The third-order valence-electron chi connectivity index (χ3n) is 3.94. The van der Waals surface area contributed by atoms with Crippen LogP contribution in [0, 0.1) is 17.1 Å². The highest BCUT2D eigenvalue weighted by molar-refractivity contribution is 14.0. The minimum atomic E-state index is -0.367. The van der Waals surface area contributed by atoms with Gasteiger partial charge in [-0.15, -0.1) is 35.3 Å². The number of aliphatic imine (C=N–C) groups is 1. The fraction of sp³-hybridized carbons (Fsp3) is 0.421. The highest BCUT2D eigenvalue weighted by Crippen LogP contribution is 2.21. The summed E-state index contributed by atoms with van der Waals surface area (Å²) >= 11 is 1.56. The summed E-state index contributed by atoms with van der Waals surface area (Å²) in [7, 11) is 3.57. The van der Waals surface area contributed by atoms with Gasteiger partial charge >= 0.3 is 0 Å². The Morgan fingerprint density at radius 3 is 2.89 bits per heavy atom. The van der Waals surface area contributed by atoms with E-state index in [4.69, 9.17) is 10.00 Å². The molecule has 2 aromatic rings. The van der Waals surface area contributed by atoms with Crippen molar-refractivity contribution in [1.82, 2.24) is 15.2 Å². The first-order chi connectivity index (χ1) is 13.0. The van der Waals surface area contributed by atoms with Gasteiger partial charge in [0, 0.05) is 31.6 Å². The van der Waals surface area contributed by atoms with Gasteiger partial charge in [0.15, 0.2) is 5.96 Å². The lowest BCUT2D eigenvalue weighted by atomic mass is 10.1. The van der Waals surface area contributed by atoms with Crippen LogP contribution in [0.15, 0.2) is 28.6 Å². The Balaban J connectivity index is 0.00000392. The van der Waals surface area contributed by atoms with Crippen LogP contribution in [0.1, 0.15) is 41.8 Å². The van der Waals surface area contributed by atoms with Crippen molar-refractivity contribution in [3.63, 3.8) is 0 Å². The predicted octanol–water partition coefficient (Wildman–Crippen LogP) is 4.08. The molecule has 0 aliphatic rings. The zero-order valence-electron chi connectivity index (χ0n) is 16.4. The van der Waals surface area contributed by atoms with Gasteiger partial charge in [0.05, 0.1) is 30.4 Å². The average molecular weight is 517 g/mol. The summed E-state index contributed by atoms with van der Waals surface area (Å²) < 4.78 is 19.3. The third-order valence-corrected chi connectivity index (χ3v) is 5.00. The molecule has 1 atom stereocenters. The molecule has 0 bridgehead atoms. The molecule has 0 amide bonds. The van der Waals surface area contributed by atoms with E-state index in [2.05, 4.69) is 15.3 Å². The molecule has 0 aliphatic carbocycles. The Morgan fingerprint density at radius 1 is 1.50 bits per heavy atom. The molecule has 1 aromatic heterocycles. The highest BCUT2D eigenvalue weighted by atomic mass is 127. The van der Waals surface area contributed by atoms with Gasteiger partial charge in [-0.25, -0.2) is 14.4 Å². The lowest BCUT2D eigenvalue weighted by Crippen LogP contribution is -2.38. The number of hydrogen-bond donors (Lipinski definition) is 1. The molecule has 0 radical (unpaired) electrons. The molecule has 2 rings (SSSR count). The van der Waals surface area contributed by atoms with E-state index in [1.165, 1.54) is 18.2 Å². The van der Waals surface area contributed by atoms with Crippen LogP contribution >= 0.6 is 35.3 Å². The number of rotatable bonds is 7. The van der Waals surface area contributed by atoms with Crippen molar-refractivity contribution in [2.24, 2.45) is 4.99 Å². The molecule has 1 unspecified atom stereocenters. The number of nitrogens with zero attached hydrogens (tertiary/aromatic N) is 4. The Hall–Kier alpha value is -1.77. The summed E-state index contributed by atoms with van der Waals surface area (Å²) in [4.78, 5) is 11.0. The zero-order chi connectivity index (χ0) is 19.8. The summed E-state index contributed by atoms with van der Waals surface area (Å²) in [6.07, 6.45) is -0.0358. The van der Waals surface area contributed by atoms with Gasteiger partial charge in [-0.05, 0) is 32.0 Å². The van der Waals surface area contributed by atoms with E-state index in [1.54, 1.807) is 18.4 Å². The van der Waals surface area contributed by atoms with E-state index in [9.17, 15) is 4.39 Å². The second-order valence-electron chi connectivity index (χ2n) is 6.00. The zero-order valence-corrected chi connectivity index (χ0v) is 19.5. The Bertz CT molecular complexity index is 836. The Labute approximate surface area is 186 Å². The van der Waals surface area contributed by atoms with E-state index >= 15 is 0 Å². The number of halogens is 2. The molecule has 152 valence electrons. The fourth-order valence-corrected chi connectivity index (χ4v) is 3.24. The molecule has 28 heavy (non-hydrogen) atoms. The molecule has 6 nitrogen and oxygen atoms in total. The molecular weight excluding hydrogens is 492 g/mol. The first-order valence-electron chi connectivity index (χ1n) is 8.63. The van der Waals surface area contributed by atoms with Gasteiger partial charge < -0.3 is 15.0 Å². The molecule has 1 heterocycles. The van der Waals surface area contributed by atoms with Crippen LogP contribution in [-0.4, -0.2) is 36.5 Å². The van der Waals surface area contributed by atoms with Crippen LogP contribution in [0.2, 0.25) is 0 Å². The fourth-order valence-electron chi connectivity index (χ4n) is 2.40. The van der Waals surface area contributed by atoms with Gasteiger partial charge in [0.2, 0.25) is 0 Å². The SMILES string of the molecule is CCNC(=NCc1cc(C#N)ccc1F)N(C)Cc1csc(C(C)OC)n1.I. The number of nitrogens with one attached hydrogen (secondary N) is 1. The van der Waals surface area contributed by atoms with Gasteiger partial charge in [0.25, 0.3) is 0 Å². The van der Waals surface area contributed by atoms with E-state index in [1.807, 2.05) is 37.2 Å². The number of aromatic nitrogens is 1. The number of benzene rings is 1. The van der Waals surface area contributed by atoms with Crippen LogP contribution in [-0.2, 0) is 17.8 Å². The molecule has 0 aliphatic heterocycles. The van der Waals surface area contributed by atoms with Crippen LogP contribution in [0.5, 0.6) is 0 Å². The highest BCUT2D eigenvalue weighted by Gasteiger charge is 2.13. The first kappa shape index (κ1) is 24.3.